The highest BCUT2D eigenvalue weighted by molar-refractivity contribution is 6.27. The van der Waals surface area contributed by atoms with Crippen LogP contribution in [-0.4, -0.2) is 30.4 Å². The second kappa shape index (κ2) is 7.54. The molecular weight excluding hydrogens is 392 g/mol. The number of anilines is 1. The summed E-state index contributed by atoms with van der Waals surface area (Å²) >= 11 is 0. The van der Waals surface area contributed by atoms with E-state index in [1.807, 2.05) is 49.4 Å². The Hall–Kier alpha value is -3.67. The van der Waals surface area contributed by atoms with Gasteiger partial charge < -0.3 is 4.74 Å². The van der Waals surface area contributed by atoms with E-state index in [-0.39, 0.29) is 18.2 Å². The van der Waals surface area contributed by atoms with Crippen LogP contribution in [0.3, 0.4) is 0 Å². The molecule has 0 saturated carbocycles. The van der Waals surface area contributed by atoms with E-state index in [9.17, 15) is 14.4 Å². The summed E-state index contributed by atoms with van der Waals surface area (Å²) < 4.78 is 5.52. The molecule has 156 valence electrons. The van der Waals surface area contributed by atoms with Crippen LogP contribution in [0.5, 0.6) is 5.75 Å². The van der Waals surface area contributed by atoms with Crippen LogP contribution in [0.25, 0.3) is 10.8 Å². The van der Waals surface area contributed by atoms with Crippen molar-refractivity contribution in [2.24, 2.45) is 0 Å². The number of imide groups is 1. The van der Waals surface area contributed by atoms with E-state index >= 15 is 0 Å². The number of piperidine rings is 1. The van der Waals surface area contributed by atoms with Gasteiger partial charge in [-0.2, -0.15) is 0 Å². The molecule has 3 aromatic rings. The minimum Gasteiger partial charge on any atom is -0.494 e. The Morgan fingerprint density at radius 3 is 2.58 bits per heavy atom. The molecule has 1 unspecified atom stereocenters. The summed E-state index contributed by atoms with van der Waals surface area (Å²) in [5.74, 6) is -0.0456. The summed E-state index contributed by atoms with van der Waals surface area (Å²) in [6.45, 7) is 2.59. The number of ether oxygens (including phenoxy) is 1. The molecule has 31 heavy (non-hydrogen) atoms. The number of benzene rings is 3. The Balaban J connectivity index is 1.52. The van der Waals surface area contributed by atoms with Gasteiger partial charge in [0.2, 0.25) is 11.8 Å². The third kappa shape index (κ3) is 3.24. The Labute approximate surface area is 179 Å². The van der Waals surface area contributed by atoms with E-state index in [0.29, 0.717) is 18.6 Å². The number of amides is 3. The minimum atomic E-state index is -0.669. The summed E-state index contributed by atoms with van der Waals surface area (Å²) in [6, 6.07) is 17.0. The second-order valence-corrected chi connectivity index (χ2v) is 7.87. The topological polar surface area (TPSA) is 75.7 Å². The Morgan fingerprint density at radius 1 is 1.03 bits per heavy atom. The highest BCUT2D eigenvalue weighted by Gasteiger charge is 2.40. The predicted molar refractivity (Wildman–Crippen MR) is 117 cm³/mol. The number of carbonyl (C=O) groups is 3. The third-order valence-electron chi connectivity index (χ3n) is 5.97. The fourth-order valence-corrected chi connectivity index (χ4v) is 4.55. The molecule has 6 nitrogen and oxygen atoms in total. The van der Waals surface area contributed by atoms with Crippen LogP contribution in [0.2, 0.25) is 0 Å². The Kier molecular flexibility index (Phi) is 4.70. The largest absolute Gasteiger partial charge is 0.494 e. The molecule has 0 aromatic heterocycles. The molecule has 0 bridgehead atoms. The number of hydrogen-bond donors (Lipinski definition) is 1. The number of rotatable bonds is 5. The lowest BCUT2D eigenvalue weighted by Gasteiger charge is -2.30. The van der Waals surface area contributed by atoms with Crippen LogP contribution in [0, 0.1) is 0 Å². The number of nitrogens with zero attached hydrogens (tertiary/aromatic N) is 1. The molecule has 2 aliphatic rings. The van der Waals surface area contributed by atoms with Crippen molar-refractivity contribution >= 4 is 34.2 Å². The fraction of sp³-hybridized carbons (Fsp3) is 0.240. The SMILES string of the molecule is CCOc1ccc(Cc2ccc3c4c(cccc24)N(C2CCC(=O)NC2=O)C3=O)cc1. The maximum atomic E-state index is 13.2. The van der Waals surface area contributed by atoms with Crippen molar-refractivity contribution in [3.05, 3.63) is 71.3 Å². The average molecular weight is 414 g/mol. The lowest BCUT2D eigenvalue weighted by molar-refractivity contribution is -0.134. The first-order valence-corrected chi connectivity index (χ1v) is 10.5. The van der Waals surface area contributed by atoms with Crippen LogP contribution in [-0.2, 0) is 16.0 Å². The summed E-state index contributed by atoms with van der Waals surface area (Å²) in [6.07, 6.45) is 1.29. The summed E-state index contributed by atoms with van der Waals surface area (Å²) in [7, 11) is 0. The highest BCUT2D eigenvalue weighted by Crippen LogP contribution is 2.41. The zero-order valence-electron chi connectivity index (χ0n) is 17.2. The van der Waals surface area contributed by atoms with Crippen LogP contribution >= 0.6 is 0 Å². The Bertz CT molecular complexity index is 1220. The van der Waals surface area contributed by atoms with Gasteiger partial charge in [-0.25, -0.2) is 0 Å². The number of nitrogens with one attached hydrogen (secondary N) is 1. The van der Waals surface area contributed by atoms with Gasteiger partial charge in [-0.1, -0.05) is 30.3 Å². The minimum absolute atomic E-state index is 0.187. The first kappa shape index (κ1) is 19.3. The van der Waals surface area contributed by atoms with E-state index in [0.717, 1.165) is 39.8 Å². The molecule has 1 atom stereocenters. The average Bonchev–Trinajstić information content (AvgIpc) is 3.05. The molecule has 2 heterocycles. The maximum absolute atomic E-state index is 13.2. The smallest absolute Gasteiger partial charge is 0.259 e. The van der Waals surface area contributed by atoms with Crippen LogP contribution in [0.4, 0.5) is 5.69 Å². The molecule has 1 fully saturated rings. The summed E-state index contributed by atoms with van der Waals surface area (Å²) in [4.78, 5) is 38.8. The standard InChI is InChI=1S/C25H22N2O4/c1-2-31-17-9-6-15(7-10-17)14-16-8-11-19-23-18(16)4-3-5-20(23)27(25(19)30)21-12-13-22(28)26-24(21)29/h3-11,21H,2,12-14H2,1H3,(H,26,28,29). The van der Waals surface area contributed by atoms with E-state index < -0.39 is 11.9 Å². The van der Waals surface area contributed by atoms with Gasteiger partial charge in [-0.15, -0.1) is 0 Å². The monoisotopic (exact) mass is 414 g/mol. The highest BCUT2D eigenvalue weighted by atomic mass is 16.5. The lowest BCUT2D eigenvalue weighted by atomic mass is 9.95. The molecule has 6 heteroatoms. The molecule has 5 rings (SSSR count). The zero-order valence-corrected chi connectivity index (χ0v) is 17.2. The van der Waals surface area contributed by atoms with E-state index in [1.54, 1.807) is 4.90 Å². The van der Waals surface area contributed by atoms with Gasteiger partial charge in [0.1, 0.15) is 11.8 Å². The van der Waals surface area contributed by atoms with Crippen molar-refractivity contribution in [2.75, 3.05) is 11.5 Å². The van der Waals surface area contributed by atoms with Crippen molar-refractivity contribution in [2.45, 2.75) is 32.2 Å². The maximum Gasteiger partial charge on any atom is 0.259 e. The third-order valence-corrected chi connectivity index (χ3v) is 5.97. The molecule has 0 spiro atoms. The van der Waals surface area contributed by atoms with Gasteiger partial charge in [0, 0.05) is 17.4 Å². The summed E-state index contributed by atoms with van der Waals surface area (Å²) in [5, 5.41) is 4.24. The molecule has 0 aliphatic carbocycles. The molecule has 0 radical (unpaired) electrons. The van der Waals surface area contributed by atoms with E-state index in [4.69, 9.17) is 4.74 Å². The predicted octanol–water partition coefficient (Wildman–Crippen LogP) is 3.59. The number of carbonyl (C=O) groups excluding carboxylic acids is 3. The zero-order chi connectivity index (χ0) is 21.5. The number of hydrogen-bond acceptors (Lipinski definition) is 4. The van der Waals surface area contributed by atoms with E-state index in [2.05, 4.69) is 17.4 Å². The van der Waals surface area contributed by atoms with Crippen molar-refractivity contribution in [1.29, 1.82) is 0 Å². The van der Waals surface area contributed by atoms with Crippen molar-refractivity contribution < 1.29 is 19.1 Å². The molecule has 1 saturated heterocycles. The van der Waals surface area contributed by atoms with Gasteiger partial charge in [-0.05, 0) is 60.5 Å². The normalized spacial score (nSPS) is 17.9. The molecule has 2 aliphatic heterocycles. The van der Waals surface area contributed by atoms with Gasteiger partial charge in [0.25, 0.3) is 5.91 Å². The quantitative estimate of drug-likeness (QED) is 0.648. The van der Waals surface area contributed by atoms with Crippen molar-refractivity contribution in [3.63, 3.8) is 0 Å². The fourth-order valence-electron chi connectivity index (χ4n) is 4.55. The molecular formula is C25H22N2O4. The first-order chi connectivity index (χ1) is 15.1. The van der Waals surface area contributed by atoms with Crippen LogP contribution in [0.15, 0.2) is 54.6 Å². The van der Waals surface area contributed by atoms with Crippen molar-refractivity contribution in [3.8, 4) is 5.75 Å². The van der Waals surface area contributed by atoms with Gasteiger partial charge >= 0.3 is 0 Å². The van der Waals surface area contributed by atoms with Gasteiger partial charge in [0.05, 0.1) is 12.3 Å². The second-order valence-electron chi connectivity index (χ2n) is 7.87. The van der Waals surface area contributed by atoms with E-state index in [1.165, 1.54) is 0 Å². The van der Waals surface area contributed by atoms with Crippen LogP contribution < -0.4 is 15.0 Å². The van der Waals surface area contributed by atoms with Gasteiger partial charge in [0.15, 0.2) is 0 Å². The first-order valence-electron chi connectivity index (χ1n) is 10.5. The molecule has 1 N–H and O–H groups in total. The van der Waals surface area contributed by atoms with Crippen LogP contribution in [0.1, 0.15) is 41.3 Å². The Morgan fingerprint density at radius 2 is 1.84 bits per heavy atom. The van der Waals surface area contributed by atoms with Crippen molar-refractivity contribution in [1.82, 2.24) is 5.32 Å². The summed E-state index contributed by atoms with van der Waals surface area (Å²) in [5.41, 5.74) is 3.60. The molecule has 3 amide bonds. The molecule has 3 aromatic carbocycles. The van der Waals surface area contributed by atoms with Gasteiger partial charge in [-0.3, -0.25) is 24.6 Å². The lowest BCUT2D eigenvalue weighted by Crippen LogP contribution is -2.53.